The summed E-state index contributed by atoms with van der Waals surface area (Å²) in [5.74, 6) is 5.00. The third-order valence-electron chi connectivity index (χ3n) is 12.9. The molecule has 2 heteroatoms. The van der Waals surface area contributed by atoms with E-state index in [2.05, 4.69) is 48.5 Å². The van der Waals surface area contributed by atoms with Crippen molar-refractivity contribution in [1.29, 1.82) is 0 Å². The number of rotatable bonds is 5. The third-order valence-corrected chi connectivity index (χ3v) is 12.9. The highest BCUT2D eigenvalue weighted by molar-refractivity contribution is 5.35. The van der Waals surface area contributed by atoms with E-state index in [0.717, 1.165) is 30.6 Å². The second kappa shape index (κ2) is 6.97. The van der Waals surface area contributed by atoms with E-state index >= 15 is 0 Å². The van der Waals surface area contributed by atoms with E-state index in [0.29, 0.717) is 34.5 Å². The first-order chi connectivity index (χ1) is 14.4. The Kier molecular flexibility index (Phi) is 5.10. The summed E-state index contributed by atoms with van der Waals surface area (Å²) >= 11 is 0. The minimum Gasteiger partial charge on any atom is -0.393 e. The second-order valence-electron chi connectivity index (χ2n) is 14.4. The van der Waals surface area contributed by atoms with Gasteiger partial charge in [0.05, 0.1) is 12.2 Å². The SMILES string of the molecule is CC(C)CCC[C@@H](C)[C@H]1CC[C@H]2[C@@H]3[C@@H](O)C[C@@]45[C@@H](C[C@@H](O)C4(C)C)[C@]5(C)[C@H]3CC[C@]12C. The predicted molar refractivity (Wildman–Crippen MR) is 127 cm³/mol. The van der Waals surface area contributed by atoms with Gasteiger partial charge in [-0.3, -0.25) is 0 Å². The molecule has 5 rings (SSSR count). The van der Waals surface area contributed by atoms with Crippen LogP contribution in [0.25, 0.3) is 0 Å². The maximum absolute atomic E-state index is 11.7. The summed E-state index contributed by atoms with van der Waals surface area (Å²) in [7, 11) is 0. The summed E-state index contributed by atoms with van der Waals surface area (Å²) in [4.78, 5) is 0. The topological polar surface area (TPSA) is 40.5 Å². The fourth-order valence-corrected chi connectivity index (χ4v) is 11.4. The molecule has 0 aromatic carbocycles. The highest BCUT2D eigenvalue weighted by atomic mass is 16.3. The van der Waals surface area contributed by atoms with Gasteiger partial charge in [-0.2, -0.15) is 0 Å². The van der Waals surface area contributed by atoms with Crippen molar-refractivity contribution in [2.24, 2.45) is 63.1 Å². The Hall–Kier alpha value is -0.0800. The zero-order valence-corrected chi connectivity index (χ0v) is 21.5. The molecule has 5 fully saturated rings. The van der Waals surface area contributed by atoms with Gasteiger partial charge in [-0.25, -0.2) is 0 Å². The fraction of sp³-hybridized carbons (Fsp3) is 1.00. The summed E-state index contributed by atoms with van der Waals surface area (Å²) in [6.07, 6.45) is 11.1. The van der Waals surface area contributed by atoms with Gasteiger partial charge in [-0.1, -0.05) is 67.7 Å². The highest BCUT2D eigenvalue weighted by Gasteiger charge is 2.87. The summed E-state index contributed by atoms with van der Waals surface area (Å²) in [5.41, 5.74) is 0.902. The molecule has 0 radical (unpaired) electrons. The van der Waals surface area contributed by atoms with E-state index in [4.69, 9.17) is 0 Å². The smallest absolute Gasteiger partial charge is 0.0599 e. The molecule has 0 aliphatic heterocycles. The van der Waals surface area contributed by atoms with Crippen LogP contribution in [0.3, 0.4) is 0 Å². The van der Waals surface area contributed by atoms with E-state index in [1.807, 2.05) is 0 Å². The van der Waals surface area contributed by atoms with Crippen molar-refractivity contribution in [3.8, 4) is 0 Å². The molecular weight excluding hydrogens is 380 g/mol. The van der Waals surface area contributed by atoms with Crippen molar-refractivity contribution in [3.63, 3.8) is 0 Å². The normalized spacial score (nSPS) is 55.4. The summed E-state index contributed by atoms with van der Waals surface area (Å²) in [5, 5.41) is 22.5. The van der Waals surface area contributed by atoms with E-state index in [1.54, 1.807) is 0 Å². The Bertz CT molecular complexity index is 714. The summed E-state index contributed by atoms with van der Waals surface area (Å²) in [6.45, 7) is 17.0. The highest BCUT2D eigenvalue weighted by Crippen LogP contribution is 2.90. The fourth-order valence-electron chi connectivity index (χ4n) is 11.4. The van der Waals surface area contributed by atoms with Crippen LogP contribution in [0.15, 0.2) is 0 Å². The van der Waals surface area contributed by atoms with Crippen molar-refractivity contribution in [1.82, 2.24) is 0 Å². The Labute approximate surface area is 192 Å². The molecule has 1 spiro atoms. The molecular formula is C29H50O2. The monoisotopic (exact) mass is 430 g/mol. The van der Waals surface area contributed by atoms with Gasteiger partial charge < -0.3 is 10.2 Å². The minimum atomic E-state index is -0.189. The van der Waals surface area contributed by atoms with Gasteiger partial charge in [0.2, 0.25) is 0 Å². The van der Waals surface area contributed by atoms with Crippen LogP contribution in [0, 0.1) is 63.1 Å². The maximum atomic E-state index is 11.7. The van der Waals surface area contributed by atoms with Crippen molar-refractivity contribution >= 4 is 0 Å². The van der Waals surface area contributed by atoms with Gasteiger partial charge in [0.25, 0.3) is 0 Å². The van der Waals surface area contributed by atoms with Crippen LogP contribution in [0.1, 0.15) is 106 Å². The molecule has 2 nitrogen and oxygen atoms in total. The Morgan fingerprint density at radius 2 is 1.61 bits per heavy atom. The molecule has 0 amide bonds. The van der Waals surface area contributed by atoms with E-state index in [9.17, 15) is 10.2 Å². The molecule has 5 aliphatic rings. The average molecular weight is 431 g/mol. The van der Waals surface area contributed by atoms with E-state index < -0.39 is 0 Å². The molecule has 0 saturated heterocycles. The first-order valence-electron chi connectivity index (χ1n) is 13.8. The molecule has 31 heavy (non-hydrogen) atoms. The van der Waals surface area contributed by atoms with Crippen LogP contribution in [-0.2, 0) is 0 Å². The van der Waals surface area contributed by atoms with Gasteiger partial charge in [0.1, 0.15) is 0 Å². The number of fused-ring (bicyclic) bond motifs is 5. The lowest BCUT2D eigenvalue weighted by Gasteiger charge is -2.58. The zero-order chi connectivity index (χ0) is 22.6. The first-order valence-corrected chi connectivity index (χ1v) is 13.8. The van der Waals surface area contributed by atoms with Crippen molar-refractivity contribution in [2.45, 2.75) is 118 Å². The van der Waals surface area contributed by atoms with Gasteiger partial charge >= 0.3 is 0 Å². The van der Waals surface area contributed by atoms with Crippen LogP contribution in [0.5, 0.6) is 0 Å². The lowest BCUT2D eigenvalue weighted by atomic mass is 9.47. The van der Waals surface area contributed by atoms with Gasteiger partial charge in [0.15, 0.2) is 0 Å². The van der Waals surface area contributed by atoms with Gasteiger partial charge in [0, 0.05) is 0 Å². The second-order valence-corrected chi connectivity index (χ2v) is 14.4. The van der Waals surface area contributed by atoms with E-state index in [-0.39, 0.29) is 23.0 Å². The molecule has 11 atom stereocenters. The van der Waals surface area contributed by atoms with Crippen LogP contribution >= 0.6 is 0 Å². The molecule has 5 aliphatic carbocycles. The summed E-state index contributed by atoms with van der Waals surface area (Å²) < 4.78 is 0. The predicted octanol–water partition coefficient (Wildman–Crippen LogP) is 6.69. The Morgan fingerprint density at radius 3 is 2.29 bits per heavy atom. The molecule has 0 heterocycles. The quantitative estimate of drug-likeness (QED) is 0.510. The van der Waals surface area contributed by atoms with E-state index in [1.165, 1.54) is 44.9 Å². The average Bonchev–Trinajstić information content (AvgIpc) is 2.93. The largest absolute Gasteiger partial charge is 0.393 e. The summed E-state index contributed by atoms with van der Waals surface area (Å²) in [6, 6.07) is 0. The number of aliphatic hydroxyl groups is 2. The van der Waals surface area contributed by atoms with Crippen molar-refractivity contribution in [3.05, 3.63) is 0 Å². The number of hydrogen-bond acceptors (Lipinski definition) is 2. The van der Waals surface area contributed by atoms with Gasteiger partial charge in [-0.15, -0.1) is 0 Å². The Morgan fingerprint density at radius 1 is 0.903 bits per heavy atom. The molecule has 0 bridgehead atoms. The zero-order valence-electron chi connectivity index (χ0n) is 21.5. The van der Waals surface area contributed by atoms with Crippen LogP contribution < -0.4 is 0 Å². The van der Waals surface area contributed by atoms with Crippen LogP contribution in [0.4, 0.5) is 0 Å². The van der Waals surface area contributed by atoms with Crippen LogP contribution in [-0.4, -0.2) is 22.4 Å². The lowest BCUT2D eigenvalue weighted by molar-refractivity contribution is -0.148. The molecule has 0 aromatic rings. The maximum Gasteiger partial charge on any atom is 0.0599 e. The Balaban J connectivity index is 1.37. The van der Waals surface area contributed by atoms with Gasteiger partial charge in [-0.05, 0) is 102 Å². The molecule has 0 aromatic heterocycles. The lowest BCUT2D eigenvalue weighted by Crippen LogP contribution is -2.56. The third kappa shape index (κ3) is 2.64. The molecule has 5 saturated carbocycles. The molecule has 0 unspecified atom stereocenters. The van der Waals surface area contributed by atoms with Crippen LogP contribution in [0.2, 0.25) is 0 Å². The van der Waals surface area contributed by atoms with Crippen molar-refractivity contribution < 1.29 is 10.2 Å². The standard InChI is InChI=1S/C29H50O2/c1-17(2)9-8-10-18(3)19-11-12-20-25-21(13-14-27(19,20)6)28(7)23-15-24(31)26(4,5)29(23,28)16-22(25)30/h17-25,30-31H,8-16H2,1-7H3/t18-,19-,20+,21+,22+,23+,24-,25+,27-,28+,29-/m1/s1. The first kappa shape index (κ1) is 22.7. The number of hydrogen-bond donors (Lipinski definition) is 2. The molecule has 2 N–H and O–H groups in total. The molecule has 178 valence electrons. The minimum absolute atomic E-state index is 0.0533. The van der Waals surface area contributed by atoms with Crippen molar-refractivity contribution in [2.75, 3.05) is 0 Å². The number of aliphatic hydroxyl groups excluding tert-OH is 2.